The van der Waals surface area contributed by atoms with Crippen LogP contribution in [0.15, 0.2) is 41.3 Å². The summed E-state index contributed by atoms with van der Waals surface area (Å²) in [6, 6.07) is 7.93. The number of benzene rings is 1. The molecule has 1 aromatic carbocycles. The number of nitrogens with zero attached hydrogens (tertiary/aromatic N) is 2. The van der Waals surface area contributed by atoms with E-state index in [0.29, 0.717) is 5.88 Å². The molecule has 2 N–H and O–H groups in total. The molecule has 0 saturated heterocycles. The maximum absolute atomic E-state index is 5.71. The van der Waals surface area contributed by atoms with E-state index < -0.39 is 0 Å². The monoisotopic (exact) mass is 186 g/mol. The number of anilines is 1. The van der Waals surface area contributed by atoms with Crippen LogP contribution in [0.3, 0.4) is 0 Å². The molecule has 0 fully saturated rings. The lowest BCUT2D eigenvalue weighted by Gasteiger charge is -1.91. The van der Waals surface area contributed by atoms with Crippen molar-refractivity contribution in [1.82, 2.24) is 5.10 Å². The van der Waals surface area contributed by atoms with Crippen LogP contribution in [0.1, 0.15) is 0 Å². The van der Waals surface area contributed by atoms with Gasteiger partial charge in [0.05, 0.1) is 5.39 Å². The molecule has 3 aromatic rings. The minimum absolute atomic E-state index is 0.398. The summed E-state index contributed by atoms with van der Waals surface area (Å²) in [5, 5.41) is 6.28. The molecule has 2 aromatic heterocycles. The Labute approximate surface area is 79.6 Å². The van der Waals surface area contributed by atoms with Crippen LogP contribution in [0.4, 0.5) is 5.88 Å². The van der Waals surface area contributed by atoms with Crippen molar-refractivity contribution in [1.29, 1.82) is 0 Å². The van der Waals surface area contributed by atoms with Gasteiger partial charge in [-0.3, -0.25) is 0 Å². The molecule has 0 radical (unpaired) electrons. The normalized spacial score (nSPS) is 11.1. The Morgan fingerprint density at radius 2 is 2.14 bits per heavy atom. The van der Waals surface area contributed by atoms with Crippen molar-refractivity contribution < 1.29 is 8.93 Å². The van der Waals surface area contributed by atoms with E-state index >= 15 is 0 Å². The molecule has 0 unspecified atom stereocenters. The molecule has 0 atom stereocenters. The van der Waals surface area contributed by atoms with Gasteiger partial charge >= 0.3 is 11.9 Å². The van der Waals surface area contributed by atoms with Gasteiger partial charge in [-0.05, 0) is 10.6 Å². The molecule has 0 saturated carbocycles. The lowest BCUT2D eigenvalue weighted by molar-refractivity contribution is -0.584. The Kier molecular flexibility index (Phi) is 1.28. The van der Waals surface area contributed by atoms with Crippen molar-refractivity contribution in [3.05, 3.63) is 36.9 Å². The van der Waals surface area contributed by atoms with E-state index in [1.165, 1.54) is 6.39 Å². The Bertz CT molecular complexity index is 615. The number of nitrogens with two attached hydrogens (primary N) is 1. The van der Waals surface area contributed by atoms with Crippen LogP contribution in [0.5, 0.6) is 0 Å². The first-order valence-corrected chi connectivity index (χ1v) is 4.28. The van der Waals surface area contributed by atoms with Crippen molar-refractivity contribution in [2.45, 2.75) is 0 Å². The molecule has 0 bridgehead atoms. The van der Waals surface area contributed by atoms with Crippen LogP contribution in [0.2, 0.25) is 0 Å². The van der Waals surface area contributed by atoms with E-state index in [2.05, 4.69) is 5.10 Å². The quantitative estimate of drug-likeness (QED) is 0.536. The van der Waals surface area contributed by atoms with Gasteiger partial charge in [0.2, 0.25) is 0 Å². The number of hydrogen-bond acceptors (Lipinski definition) is 3. The molecule has 0 aliphatic carbocycles. The highest BCUT2D eigenvalue weighted by Crippen LogP contribution is 2.19. The Hall–Kier alpha value is -2.10. The van der Waals surface area contributed by atoms with Crippen LogP contribution < -0.4 is 10.2 Å². The van der Waals surface area contributed by atoms with Crippen molar-refractivity contribution in [2.24, 2.45) is 0 Å². The minimum atomic E-state index is 0.398. The van der Waals surface area contributed by atoms with Crippen LogP contribution >= 0.6 is 0 Å². The maximum Gasteiger partial charge on any atom is 0.368 e. The fourth-order valence-corrected chi connectivity index (χ4v) is 1.62. The summed E-state index contributed by atoms with van der Waals surface area (Å²) < 4.78 is 6.74. The zero-order chi connectivity index (χ0) is 9.54. The predicted molar refractivity (Wildman–Crippen MR) is 51.6 cm³/mol. The third kappa shape index (κ3) is 0.821. The van der Waals surface area contributed by atoms with E-state index in [1.54, 1.807) is 10.7 Å². The van der Waals surface area contributed by atoms with Crippen molar-refractivity contribution >= 4 is 22.2 Å². The van der Waals surface area contributed by atoms with Gasteiger partial charge in [0, 0.05) is 10.5 Å². The molecule has 0 aliphatic rings. The largest absolute Gasteiger partial charge is 0.385 e. The first-order chi connectivity index (χ1) is 6.86. The summed E-state index contributed by atoms with van der Waals surface area (Å²) in [6.45, 7) is 0. The highest BCUT2D eigenvalue weighted by molar-refractivity contribution is 5.96. The summed E-state index contributed by atoms with van der Waals surface area (Å²) in [7, 11) is 0. The predicted octanol–water partition coefficient (Wildman–Crippen LogP) is 1.15. The van der Waals surface area contributed by atoms with Crippen molar-refractivity contribution in [3.8, 4) is 0 Å². The first kappa shape index (κ1) is 7.32. The van der Waals surface area contributed by atoms with Crippen molar-refractivity contribution in [3.63, 3.8) is 0 Å². The Balaban J connectivity index is 2.65. The number of oxazole rings is 1. The Morgan fingerprint density at radius 3 is 3.07 bits per heavy atom. The van der Waals surface area contributed by atoms with E-state index in [1.807, 2.05) is 24.3 Å². The highest BCUT2D eigenvalue weighted by Gasteiger charge is 2.16. The molecule has 0 spiro atoms. The Morgan fingerprint density at radius 1 is 1.29 bits per heavy atom. The lowest BCUT2D eigenvalue weighted by Crippen LogP contribution is -2.23. The van der Waals surface area contributed by atoms with Crippen LogP contribution in [0.25, 0.3) is 16.3 Å². The second kappa shape index (κ2) is 2.45. The molecular weight excluding hydrogens is 178 g/mol. The molecule has 4 heteroatoms. The molecule has 4 nitrogen and oxygen atoms in total. The third-order valence-electron chi connectivity index (χ3n) is 2.28. The van der Waals surface area contributed by atoms with Gasteiger partial charge in [0.1, 0.15) is 6.20 Å². The van der Waals surface area contributed by atoms with Gasteiger partial charge in [0.25, 0.3) is 5.88 Å². The minimum Gasteiger partial charge on any atom is -0.385 e. The highest BCUT2D eigenvalue weighted by atomic mass is 16.4. The topological polar surface area (TPSA) is 56.1 Å². The molecular formula is C10H8N3O+. The second-order valence-corrected chi connectivity index (χ2v) is 3.11. The SMILES string of the molecule is Nc1oc[n+]2ncc3ccccc3c12. The van der Waals surface area contributed by atoms with Crippen LogP contribution in [0, 0.1) is 0 Å². The molecule has 0 aliphatic heterocycles. The number of nitrogen functional groups attached to an aromatic ring is 1. The number of aromatic nitrogens is 2. The summed E-state index contributed by atoms with van der Waals surface area (Å²) in [6.07, 6.45) is 3.29. The average Bonchev–Trinajstić information content (AvgIpc) is 2.61. The number of rotatable bonds is 0. The van der Waals surface area contributed by atoms with Crippen LogP contribution in [-0.4, -0.2) is 5.10 Å². The molecule has 2 heterocycles. The standard InChI is InChI=1S/C10H8N3O/c11-10-9-8-4-2-1-3-7(8)5-12-13(9)6-14-10/h1-6H,11H2/q+1. The molecule has 14 heavy (non-hydrogen) atoms. The molecule has 0 amide bonds. The van der Waals surface area contributed by atoms with Gasteiger partial charge < -0.3 is 10.2 Å². The van der Waals surface area contributed by atoms with Gasteiger partial charge in [-0.15, -0.1) is 0 Å². The third-order valence-corrected chi connectivity index (χ3v) is 2.28. The maximum atomic E-state index is 5.71. The van der Waals surface area contributed by atoms with Gasteiger partial charge in [-0.25, -0.2) is 0 Å². The second-order valence-electron chi connectivity index (χ2n) is 3.11. The van der Waals surface area contributed by atoms with E-state index in [-0.39, 0.29) is 0 Å². The van der Waals surface area contributed by atoms with Crippen molar-refractivity contribution in [2.75, 3.05) is 5.73 Å². The van der Waals surface area contributed by atoms with E-state index in [4.69, 9.17) is 10.2 Å². The van der Waals surface area contributed by atoms with Gasteiger partial charge in [-0.2, -0.15) is 0 Å². The van der Waals surface area contributed by atoms with E-state index in [9.17, 15) is 0 Å². The number of hydrogen-bond donors (Lipinski definition) is 1. The van der Waals surface area contributed by atoms with Gasteiger partial charge in [-0.1, -0.05) is 18.2 Å². The van der Waals surface area contributed by atoms with Gasteiger partial charge in [0.15, 0.2) is 0 Å². The zero-order valence-corrected chi connectivity index (χ0v) is 7.34. The fraction of sp³-hybridized carbons (Fsp3) is 0. The summed E-state index contributed by atoms with van der Waals surface area (Å²) >= 11 is 0. The molecule has 3 rings (SSSR count). The fourth-order valence-electron chi connectivity index (χ4n) is 1.62. The van der Waals surface area contributed by atoms with Crippen LogP contribution in [-0.2, 0) is 0 Å². The summed E-state index contributed by atoms with van der Waals surface area (Å²) in [5.41, 5.74) is 6.54. The average molecular weight is 186 g/mol. The summed E-state index contributed by atoms with van der Waals surface area (Å²) in [4.78, 5) is 0. The number of fused-ring (bicyclic) bond motifs is 3. The molecule has 68 valence electrons. The first-order valence-electron chi connectivity index (χ1n) is 4.28. The lowest BCUT2D eigenvalue weighted by atomic mass is 10.2. The smallest absolute Gasteiger partial charge is 0.368 e. The zero-order valence-electron chi connectivity index (χ0n) is 7.34. The summed E-state index contributed by atoms with van der Waals surface area (Å²) in [5.74, 6) is 0.398. The van der Waals surface area contributed by atoms with E-state index in [0.717, 1.165) is 16.3 Å².